The number of rotatable bonds is 7. The molecule has 30 heavy (non-hydrogen) atoms. The molecule has 0 saturated heterocycles. The summed E-state index contributed by atoms with van der Waals surface area (Å²) in [6, 6.07) is 21.5. The van der Waals surface area contributed by atoms with Crippen molar-refractivity contribution >= 4 is 23.4 Å². The predicted octanol–water partition coefficient (Wildman–Crippen LogP) is 4.62. The summed E-state index contributed by atoms with van der Waals surface area (Å²) in [5.74, 6) is 0.871. The molecular formula is C23H21N5OS. The van der Waals surface area contributed by atoms with Crippen LogP contribution in [-0.4, -0.2) is 31.4 Å². The highest BCUT2D eigenvalue weighted by Crippen LogP contribution is 2.27. The van der Waals surface area contributed by atoms with Crippen LogP contribution in [0.5, 0.6) is 0 Å². The lowest BCUT2D eigenvalue weighted by Gasteiger charge is -2.11. The van der Waals surface area contributed by atoms with Crippen molar-refractivity contribution in [1.29, 1.82) is 0 Å². The molecular weight excluding hydrogens is 394 g/mol. The van der Waals surface area contributed by atoms with Crippen molar-refractivity contribution in [2.24, 2.45) is 0 Å². The Bertz CT molecular complexity index is 1130. The maximum Gasteiger partial charge on any atom is 0.234 e. The highest BCUT2D eigenvalue weighted by Gasteiger charge is 2.17. The number of benzene rings is 2. The Morgan fingerprint density at radius 3 is 2.47 bits per heavy atom. The molecule has 0 aliphatic heterocycles. The lowest BCUT2D eigenvalue weighted by Crippen LogP contribution is -2.15. The van der Waals surface area contributed by atoms with E-state index in [9.17, 15) is 4.79 Å². The molecule has 2 heterocycles. The predicted molar refractivity (Wildman–Crippen MR) is 120 cm³/mol. The first-order valence-corrected chi connectivity index (χ1v) is 10.7. The largest absolute Gasteiger partial charge is 0.325 e. The van der Waals surface area contributed by atoms with Crippen molar-refractivity contribution in [1.82, 2.24) is 19.7 Å². The van der Waals surface area contributed by atoms with Gasteiger partial charge in [0.25, 0.3) is 0 Å². The van der Waals surface area contributed by atoms with Gasteiger partial charge in [-0.05, 0) is 42.3 Å². The molecule has 0 radical (unpaired) electrons. The standard InChI is InChI=1S/C23H21N5OS/c1-2-17-8-6-7-11-20(17)25-21(29)16-30-23-27-26-22(18-12-14-24-15-13-18)28(23)19-9-4-3-5-10-19/h3-15H,2,16H2,1H3,(H,25,29). The van der Waals surface area contributed by atoms with Gasteiger partial charge in [0.15, 0.2) is 11.0 Å². The monoisotopic (exact) mass is 415 g/mol. The third kappa shape index (κ3) is 4.41. The smallest absolute Gasteiger partial charge is 0.234 e. The van der Waals surface area contributed by atoms with Crippen LogP contribution in [0, 0.1) is 0 Å². The molecule has 0 saturated carbocycles. The SMILES string of the molecule is CCc1ccccc1NC(=O)CSc1nnc(-c2ccncc2)n1-c1ccccc1. The lowest BCUT2D eigenvalue weighted by atomic mass is 10.1. The van der Waals surface area contributed by atoms with Crippen molar-refractivity contribution in [2.45, 2.75) is 18.5 Å². The van der Waals surface area contributed by atoms with Crippen LogP contribution in [0.15, 0.2) is 84.3 Å². The maximum absolute atomic E-state index is 12.6. The van der Waals surface area contributed by atoms with Gasteiger partial charge in [-0.3, -0.25) is 14.3 Å². The topological polar surface area (TPSA) is 72.7 Å². The Morgan fingerprint density at radius 1 is 0.967 bits per heavy atom. The minimum Gasteiger partial charge on any atom is -0.325 e. The lowest BCUT2D eigenvalue weighted by molar-refractivity contribution is -0.113. The average molecular weight is 416 g/mol. The molecule has 1 N–H and O–H groups in total. The molecule has 1 amide bonds. The number of nitrogens with one attached hydrogen (secondary N) is 1. The van der Waals surface area contributed by atoms with Crippen molar-refractivity contribution in [2.75, 3.05) is 11.1 Å². The van der Waals surface area contributed by atoms with E-state index in [-0.39, 0.29) is 11.7 Å². The minimum absolute atomic E-state index is 0.0750. The second-order valence-corrected chi connectivity index (χ2v) is 7.50. The first kappa shape index (κ1) is 19.8. The summed E-state index contributed by atoms with van der Waals surface area (Å²) in [6.07, 6.45) is 4.32. The quantitative estimate of drug-likeness (QED) is 0.446. The summed E-state index contributed by atoms with van der Waals surface area (Å²) in [5.41, 5.74) is 3.82. The van der Waals surface area contributed by atoms with Crippen molar-refractivity contribution in [3.8, 4) is 17.1 Å². The van der Waals surface area contributed by atoms with Gasteiger partial charge in [0.05, 0.1) is 5.75 Å². The highest BCUT2D eigenvalue weighted by molar-refractivity contribution is 7.99. The molecule has 4 rings (SSSR count). The number of nitrogens with zero attached hydrogens (tertiary/aromatic N) is 4. The van der Waals surface area contributed by atoms with Crippen LogP contribution in [0.1, 0.15) is 12.5 Å². The zero-order valence-electron chi connectivity index (χ0n) is 16.5. The van der Waals surface area contributed by atoms with Crippen LogP contribution in [0.4, 0.5) is 5.69 Å². The normalized spacial score (nSPS) is 10.7. The molecule has 4 aromatic rings. The molecule has 0 fully saturated rings. The third-order valence-corrected chi connectivity index (χ3v) is 5.52. The Balaban J connectivity index is 1.57. The summed E-state index contributed by atoms with van der Waals surface area (Å²) in [4.78, 5) is 16.7. The second-order valence-electron chi connectivity index (χ2n) is 6.56. The molecule has 6 nitrogen and oxygen atoms in total. The summed E-state index contributed by atoms with van der Waals surface area (Å²) < 4.78 is 1.97. The fraction of sp³-hybridized carbons (Fsp3) is 0.130. The summed E-state index contributed by atoms with van der Waals surface area (Å²) in [5, 5.41) is 12.4. The highest BCUT2D eigenvalue weighted by atomic mass is 32.2. The first-order chi connectivity index (χ1) is 14.8. The number of pyridine rings is 1. The van der Waals surface area contributed by atoms with E-state index in [0.29, 0.717) is 11.0 Å². The van der Waals surface area contributed by atoms with Crippen LogP contribution in [0.2, 0.25) is 0 Å². The van der Waals surface area contributed by atoms with E-state index in [4.69, 9.17) is 0 Å². The van der Waals surface area contributed by atoms with E-state index in [0.717, 1.165) is 28.9 Å². The fourth-order valence-corrected chi connectivity index (χ4v) is 3.88. The summed E-state index contributed by atoms with van der Waals surface area (Å²) >= 11 is 1.36. The molecule has 0 atom stereocenters. The van der Waals surface area contributed by atoms with E-state index >= 15 is 0 Å². The van der Waals surface area contributed by atoms with Gasteiger partial charge in [0.1, 0.15) is 0 Å². The van der Waals surface area contributed by atoms with E-state index in [2.05, 4.69) is 27.4 Å². The van der Waals surface area contributed by atoms with E-state index < -0.39 is 0 Å². The number of aryl methyl sites for hydroxylation is 1. The Morgan fingerprint density at radius 2 is 1.70 bits per heavy atom. The molecule has 0 unspecified atom stereocenters. The molecule has 150 valence electrons. The van der Waals surface area contributed by atoms with Gasteiger partial charge in [0.2, 0.25) is 5.91 Å². The number of thioether (sulfide) groups is 1. The van der Waals surface area contributed by atoms with Gasteiger partial charge < -0.3 is 5.32 Å². The Kier molecular flexibility index (Phi) is 6.20. The molecule has 2 aromatic heterocycles. The van der Waals surface area contributed by atoms with Gasteiger partial charge in [-0.1, -0.05) is 55.1 Å². The van der Waals surface area contributed by atoms with Crippen molar-refractivity contribution in [3.05, 3.63) is 84.7 Å². The molecule has 0 bridgehead atoms. The molecule has 7 heteroatoms. The van der Waals surface area contributed by atoms with Crippen LogP contribution in [0.25, 0.3) is 17.1 Å². The van der Waals surface area contributed by atoms with E-state index in [1.165, 1.54) is 11.8 Å². The average Bonchev–Trinajstić information content (AvgIpc) is 3.23. The van der Waals surface area contributed by atoms with Crippen molar-refractivity contribution < 1.29 is 4.79 Å². The summed E-state index contributed by atoms with van der Waals surface area (Å²) in [6.45, 7) is 2.07. The van der Waals surface area contributed by atoms with E-state index in [1.54, 1.807) is 12.4 Å². The molecule has 2 aromatic carbocycles. The molecule has 0 spiro atoms. The number of hydrogen-bond donors (Lipinski definition) is 1. The van der Waals surface area contributed by atoms with Crippen LogP contribution < -0.4 is 5.32 Å². The number of carbonyl (C=O) groups excluding carboxylic acids is 1. The van der Waals surface area contributed by atoms with Gasteiger partial charge in [0, 0.05) is 29.3 Å². The summed E-state index contributed by atoms with van der Waals surface area (Å²) in [7, 11) is 0. The minimum atomic E-state index is -0.0750. The Labute approximate surface area is 179 Å². The number of aromatic nitrogens is 4. The molecule has 0 aliphatic carbocycles. The number of carbonyl (C=O) groups is 1. The number of amides is 1. The zero-order valence-corrected chi connectivity index (χ0v) is 17.3. The number of hydrogen-bond acceptors (Lipinski definition) is 5. The van der Waals surface area contributed by atoms with Gasteiger partial charge in [-0.15, -0.1) is 10.2 Å². The number of para-hydroxylation sites is 2. The Hall–Kier alpha value is -3.45. The van der Waals surface area contributed by atoms with Gasteiger partial charge in [-0.2, -0.15) is 0 Å². The first-order valence-electron chi connectivity index (χ1n) is 9.68. The number of anilines is 1. The zero-order chi connectivity index (χ0) is 20.8. The van der Waals surface area contributed by atoms with Gasteiger partial charge >= 0.3 is 0 Å². The molecule has 0 aliphatic rings. The van der Waals surface area contributed by atoms with Crippen molar-refractivity contribution in [3.63, 3.8) is 0 Å². The maximum atomic E-state index is 12.6. The van der Waals surface area contributed by atoms with Gasteiger partial charge in [-0.25, -0.2) is 0 Å². The third-order valence-electron chi connectivity index (χ3n) is 4.59. The fourth-order valence-electron chi connectivity index (χ4n) is 3.13. The van der Waals surface area contributed by atoms with Crippen LogP contribution in [-0.2, 0) is 11.2 Å². The van der Waals surface area contributed by atoms with Crippen LogP contribution >= 0.6 is 11.8 Å². The van der Waals surface area contributed by atoms with E-state index in [1.807, 2.05) is 71.3 Å². The van der Waals surface area contributed by atoms with Crippen LogP contribution in [0.3, 0.4) is 0 Å². The second kappa shape index (κ2) is 9.37.